The molecule has 0 aliphatic carbocycles. The molecule has 118 valence electrons. The Morgan fingerprint density at radius 2 is 2.26 bits per heavy atom. The first kappa shape index (κ1) is 14.1. The van der Waals surface area contributed by atoms with Crippen molar-refractivity contribution in [3.05, 3.63) is 54.2 Å². The number of carbonyl (C=O) groups is 1. The second-order valence-corrected chi connectivity index (χ2v) is 6.33. The molecule has 4 rings (SSSR count). The van der Waals surface area contributed by atoms with Crippen molar-refractivity contribution >= 4 is 16.8 Å². The van der Waals surface area contributed by atoms with Gasteiger partial charge in [-0.1, -0.05) is 12.1 Å². The van der Waals surface area contributed by atoms with E-state index in [1.165, 1.54) is 5.56 Å². The molecule has 0 bridgehead atoms. The van der Waals surface area contributed by atoms with Crippen LogP contribution in [0.25, 0.3) is 10.9 Å². The van der Waals surface area contributed by atoms with Gasteiger partial charge < -0.3 is 14.5 Å². The Morgan fingerprint density at radius 1 is 1.35 bits per heavy atom. The highest BCUT2D eigenvalue weighted by Gasteiger charge is 2.26. The fourth-order valence-corrected chi connectivity index (χ4v) is 3.39. The summed E-state index contributed by atoms with van der Waals surface area (Å²) in [7, 11) is 0. The number of amides is 1. The SMILES string of the molecule is Cc1ccc2cc(C(=O)N3CCCC(n4ccnc4)C3)[nH]c2c1. The van der Waals surface area contributed by atoms with Gasteiger partial charge >= 0.3 is 0 Å². The van der Waals surface area contributed by atoms with Crippen LogP contribution < -0.4 is 0 Å². The number of imidazole rings is 1. The van der Waals surface area contributed by atoms with Gasteiger partial charge in [0.2, 0.25) is 0 Å². The van der Waals surface area contributed by atoms with Gasteiger partial charge in [-0.2, -0.15) is 0 Å². The molecule has 23 heavy (non-hydrogen) atoms. The zero-order valence-electron chi connectivity index (χ0n) is 13.2. The second-order valence-electron chi connectivity index (χ2n) is 6.33. The molecule has 5 nitrogen and oxygen atoms in total. The third-order valence-electron chi connectivity index (χ3n) is 4.64. The van der Waals surface area contributed by atoms with E-state index in [2.05, 4.69) is 39.7 Å². The number of benzene rings is 1. The lowest BCUT2D eigenvalue weighted by Gasteiger charge is -2.33. The number of hydrogen-bond donors (Lipinski definition) is 1. The summed E-state index contributed by atoms with van der Waals surface area (Å²) in [5.41, 5.74) is 2.89. The molecule has 1 atom stereocenters. The topological polar surface area (TPSA) is 53.9 Å². The molecule has 1 N–H and O–H groups in total. The van der Waals surface area contributed by atoms with Crippen molar-refractivity contribution in [3.63, 3.8) is 0 Å². The fraction of sp³-hybridized carbons (Fsp3) is 0.333. The number of H-pyrrole nitrogens is 1. The van der Waals surface area contributed by atoms with Crippen molar-refractivity contribution in [2.75, 3.05) is 13.1 Å². The van der Waals surface area contributed by atoms with Crippen molar-refractivity contribution in [1.82, 2.24) is 19.4 Å². The number of likely N-dealkylation sites (tertiary alicyclic amines) is 1. The van der Waals surface area contributed by atoms with Crippen LogP contribution in [0.3, 0.4) is 0 Å². The minimum absolute atomic E-state index is 0.0867. The molecular weight excluding hydrogens is 288 g/mol. The van der Waals surface area contributed by atoms with E-state index in [1.54, 1.807) is 6.20 Å². The summed E-state index contributed by atoms with van der Waals surface area (Å²) in [6.45, 7) is 3.62. The average Bonchev–Trinajstić information content (AvgIpc) is 3.23. The lowest BCUT2D eigenvalue weighted by Crippen LogP contribution is -2.40. The van der Waals surface area contributed by atoms with Crippen molar-refractivity contribution in [2.45, 2.75) is 25.8 Å². The summed E-state index contributed by atoms with van der Waals surface area (Å²) in [6.07, 6.45) is 7.72. The van der Waals surface area contributed by atoms with Crippen molar-refractivity contribution in [2.24, 2.45) is 0 Å². The molecule has 3 heterocycles. The minimum atomic E-state index is 0.0867. The first-order chi connectivity index (χ1) is 11.2. The second kappa shape index (κ2) is 5.57. The van der Waals surface area contributed by atoms with Gasteiger partial charge in [0.25, 0.3) is 5.91 Å². The molecule has 1 aromatic carbocycles. The summed E-state index contributed by atoms with van der Waals surface area (Å²) >= 11 is 0. The lowest BCUT2D eigenvalue weighted by molar-refractivity contribution is 0.0674. The van der Waals surface area contributed by atoms with E-state index in [0.717, 1.165) is 36.8 Å². The fourth-order valence-electron chi connectivity index (χ4n) is 3.39. The molecule has 1 amide bonds. The van der Waals surface area contributed by atoms with Gasteiger partial charge in [-0.15, -0.1) is 0 Å². The third kappa shape index (κ3) is 2.63. The molecule has 5 heteroatoms. The summed E-state index contributed by atoms with van der Waals surface area (Å²) in [5, 5.41) is 1.09. The molecule has 3 aromatic rings. The Balaban J connectivity index is 1.57. The predicted molar refractivity (Wildman–Crippen MR) is 89.4 cm³/mol. The molecule has 1 aliphatic rings. The van der Waals surface area contributed by atoms with Crippen LogP contribution in [0.1, 0.15) is 34.9 Å². The number of piperidine rings is 1. The van der Waals surface area contributed by atoms with Gasteiger partial charge in [0.1, 0.15) is 5.69 Å². The smallest absolute Gasteiger partial charge is 0.270 e. The van der Waals surface area contributed by atoms with Gasteiger partial charge in [0, 0.05) is 36.4 Å². The van der Waals surface area contributed by atoms with E-state index in [1.807, 2.05) is 23.5 Å². The molecule has 0 saturated carbocycles. The maximum Gasteiger partial charge on any atom is 0.270 e. The Hall–Kier alpha value is -2.56. The zero-order valence-corrected chi connectivity index (χ0v) is 13.2. The number of rotatable bonds is 2. The quantitative estimate of drug-likeness (QED) is 0.790. The van der Waals surface area contributed by atoms with Gasteiger partial charge in [0.05, 0.1) is 12.4 Å². The minimum Gasteiger partial charge on any atom is -0.351 e. The van der Waals surface area contributed by atoms with E-state index in [0.29, 0.717) is 11.7 Å². The van der Waals surface area contributed by atoms with Gasteiger partial charge in [0.15, 0.2) is 0 Å². The van der Waals surface area contributed by atoms with Crippen LogP contribution in [-0.2, 0) is 0 Å². The first-order valence-corrected chi connectivity index (χ1v) is 8.07. The molecule has 0 radical (unpaired) electrons. The molecule has 1 fully saturated rings. The van der Waals surface area contributed by atoms with Crippen LogP contribution in [0, 0.1) is 6.92 Å². The normalized spacial score (nSPS) is 18.5. The number of aromatic amines is 1. The molecule has 1 saturated heterocycles. The number of fused-ring (bicyclic) bond motifs is 1. The number of carbonyl (C=O) groups excluding carboxylic acids is 1. The molecule has 2 aromatic heterocycles. The number of nitrogens with one attached hydrogen (secondary N) is 1. The molecule has 0 spiro atoms. The zero-order chi connectivity index (χ0) is 15.8. The van der Waals surface area contributed by atoms with Gasteiger partial charge in [-0.25, -0.2) is 4.98 Å². The monoisotopic (exact) mass is 308 g/mol. The van der Waals surface area contributed by atoms with E-state index in [9.17, 15) is 4.79 Å². The van der Waals surface area contributed by atoms with Gasteiger partial charge in [-0.3, -0.25) is 4.79 Å². The number of hydrogen-bond acceptors (Lipinski definition) is 2. The number of aromatic nitrogens is 3. The Bertz CT molecular complexity index is 834. The summed E-state index contributed by atoms with van der Waals surface area (Å²) in [5.74, 6) is 0.0867. The average molecular weight is 308 g/mol. The van der Waals surface area contributed by atoms with E-state index < -0.39 is 0 Å². The highest BCUT2D eigenvalue weighted by atomic mass is 16.2. The number of nitrogens with zero attached hydrogens (tertiary/aromatic N) is 3. The van der Waals surface area contributed by atoms with Crippen molar-refractivity contribution in [3.8, 4) is 0 Å². The molecular formula is C18H20N4O. The van der Waals surface area contributed by atoms with Crippen molar-refractivity contribution < 1.29 is 4.79 Å². The van der Waals surface area contributed by atoms with Crippen molar-refractivity contribution in [1.29, 1.82) is 0 Å². The van der Waals surface area contributed by atoms with E-state index in [4.69, 9.17) is 0 Å². The number of aryl methyl sites for hydroxylation is 1. The van der Waals surface area contributed by atoms with E-state index >= 15 is 0 Å². The summed E-state index contributed by atoms with van der Waals surface area (Å²) in [4.78, 5) is 22.2. The molecule has 1 aliphatic heterocycles. The van der Waals surface area contributed by atoms with Crippen LogP contribution in [0.5, 0.6) is 0 Å². The Labute approximate surface area is 134 Å². The Kier molecular flexibility index (Phi) is 3.41. The van der Waals surface area contributed by atoms with Gasteiger partial charge in [-0.05, 0) is 37.5 Å². The van der Waals surface area contributed by atoms with Crippen LogP contribution in [0.2, 0.25) is 0 Å². The Morgan fingerprint density at radius 3 is 3.09 bits per heavy atom. The lowest BCUT2D eigenvalue weighted by atomic mass is 10.1. The maximum absolute atomic E-state index is 12.8. The molecule has 1 unspecified atom stereocenters. The standard InChI is InChI=1S/C18H20N4O/c1-13-4-5-14-10-17(20-16(14)9-13)18(23)21-7-2-3-15(11-21)22-8-6-19-12-22/h4-6,8-10,12,15,20H,2-3,7,11H2,1H3. The summed E-state index contributed by atoms with van der Waals surface area (Å²) < 4.78 is 2.11. The first-order valence-electron chi connectivity index (χ1n) is 8.07. The van der Waals surface area contributed by atoms with Crippen LogP contribution in [-0.4, -0.2) is 38.4 Å². The predicted octanol–water partition coefficient (Wildman–Crippen LogP) is 3.15. The maximum atomic E-state index is 12.8. The summed E-state index contributed by atoms with van der Waals surface area (Å²) in [6, 6.07) is 8.49. The highest BCUT2D eigenvalue weighted by molar-refractivity contribution is 5.98. The van der Waals surface area contributed by atoms with Crippen LogP contribution >= 0.6 is 0 Å². The third-order valence-corrected chi connectivity index (χ3v) is 4.64. The van der Waals surface area contributed by atoms with E-state index in [-0.39, 0.29) is 5.91 Å². The highest BCUT2D eigenvalue weighted by Crippen LogP contribution is 2.24. The largest absolute Gasteiger partial charge is 0.351 e. The van der Waals surface area contributed by atoms with Crippen LogP contribution in [0.4, 0.5) is 0 Å². The van der Waals surface area contributed by atoms with Crippen LogP contribution in [0.15, 0.2) is 43.0 Å².